The van der Waals surface area contributed by atoms with Crippen LogP contribution in [0.25, 0.3) is 0 Å². The maximum atomic E-state index is 12.9. The van der Waals surface area contributed by atoms with Crippen LogP contribution in [0.15, 0.2) is 22.7 Å². The van der Waals surface area contributed by atoms with E-state index in [4.69, 9.17) is 0 Å². The van der Waals surface area contributed by atoms with Gasteiger partial charge in [0.15, 0.2) is 0 Å². The first kappa shape index (κ1) is 16.5. The van der Waals surface area contributed by atoms with Crippen LogP contribution in [0.2, 0.25) is 0 Å². The minimum atomic E-state index is 0.158. The molecule has 1 fully saturated rings. The van der Waals surface area contributed by atoms with Crippen molar-refractivity contribution in [1.29, 1.82) is 0 Å². The Bertz CT molecular complexity index is 484. The Morgan fingerprint density at radius 3 is 2.76 bits per heavy atom. The predicted molar refractivity (Wildman–Crippen MR) is 90.7 cm³/mol. The molecule has 4 heteroatoms. The van der Waals surface area contributed by atoms with Crippen molar-refractivity contribution in [3.05, 3.63) is 33.8 Å². The van der Waals surface area contributed by atoms with Crippen LogP contribution in [0.4, 0.5) is 0 Å². The molecule has 1 amide bonds. The average molecular weight is 353 g/mol. The number of rotatable bonds is 5. The van der Waals surface area contributed by atoms with E-state index in [1.807, 2.05) is 30.0 Å². The van der Waals surface area contributed by atoms with Gasteiger partial charge in [-0.15, -0.1) is 0 Å². The Morgan fingerprint density at radius 2 is 2.10 bits per heavy atom. The number of carbonyl (C=O) groups is 1. The first-order valence-corrected chi connectivity index (χ1v) is 8.68. The number of nitrogens with zero attached hydrogens (tertiary/aromatic N) is 1. The SMILES string of the molecule is CCCN(CC1CCNCC1)C(=O)c1cccc(C)c1Br. The lowest BCUT2D eigenvalue weighted by molar-refractivity contribution is 0.0715. The number of hydrogen-bond donors (Lipinski definition) is 1. The fourth-order valence-electron chi connectivity index (χ4n) is 2.90. The number of amides is 1. The minimum Gasteiger partial charge on any atom is -0.338 e. The van der Waals surface area contributed by atoms with Gasteiger partial charge < -0.3 is 10.2 Å². The van der Waals surface area contributed by atoms with Gasteiger partial charge in [0, 0.05) is 17.6 Å². The number of piperidine rings is 1. The van der Waals surface area contributed by atoms with E-state index in [2.05, 4.69) is 28.2 Å². The third kappa shape index (κ3) is 4.30. The number of hydrogen-bond acceptors (Lipinski definition) is 2. The third-order valence-corrected chi connectivity index (χ3v) is 5.19. The van der Waals surface area contributed by atoms with Gasteiger partial charge in [0.05, 0.1) is 5.56 Å². The highest BCUT2D eigenvalue weighted by atomic mass is 79.9. The summed E-state index contributed by atoms with van der Waals surface area (Å²) in [6, 6.07) is 5.91. The molecule has 1 saturated heterocycles. The largest absolute Gasteiger partial charge is 0.338 e. The first-order valence-electron chi connectivity index (χ1n) is 7.88. The zero-order chi connectivity index (χ0) is 15.2. The van der Waals surface area contributed by atoms with Crippen LogP contribution >= 0.6 is 15.9 Å². The molecule has 1 aromatic carbocycles. The molecule has 1 aliphatic heterocycles. The topological polar surface area (TPSA) is 32.3 Å². The molecule has 3 nitrogen and oxygen atoms in total. The monoisotopic (exact) mass is 352 g/mol. The molecule has 1 N–H and O–H groups in total. The first-order chi connectivity index (χ1) is 10.1. The maximum Gasteiger partial charge on any atom is 0.255 e. The Hall–Kier alpha value is -0.870. The van der Waals surface area contributed by atoms with Crippen molar-refractivity contribution in [2.24, 2.45) is 5.92 Å². The molecule has 21 heavy (non-hydrogen) atoms. The number of aryl methyl sites for hydroxylation is 1. The Morgan fingerprint density at radius 1 is 1.38 bits per heavy atom. The van der Waals surface area contributed by atoms with Crippen molar-refractivity contribution in [3.63, 3.8) is 0 Å². The van der Waals surface area contributed by atoms with Crippen molar-refractivity contribution >= 4 is 21.8 Å². The van der Waals surface area contributed by atoms with Crippen molar-refractivity contribution in [2.75, 3.05) is 26.2 Å². The molecule has 116 valence electrons. The lowest BCUT2D eigenvalue weighted by atomic mass is 9.97. The van der Waals surface area contributed by atoms with Crippen molar-refractivity contribution in [2.45, 2.75) is 33.1 Å². The second-order valence-electron chi connectivity index (χ2n) is 5.88. The van der Waals surface area contributed by atoms with Crippen LogP contribution in [-0.2, 0) is 0 Å². The summed E-state index contributed by atoms with van der Waals surface area (Å²) >= 11 is 3.57. The second-order valence-corrected chi connectivity index (χ2v) is 6.67. The smallest absolute Gasteiger partial charge is 0.255 e. The molecule has 1 heterocycles. The lowest BCUT2D eigenvalue weighted by Gasteiger charge is -2.30. The van der Waals surface area contributed by atoms with E-state index in [0.717, 1.165) is 48.2 Å². The van der Waals surface area contributed by atoms with Gasteiger partial charge >= 0.3 is 0 Å². The molecule has 0 radical (unpaired) electrons. The summed E-state index contributed by atoms with van der Waals surface area (Å²) in [6.45, 7) is 8.03. The highest BCUT2D eigenvalue weighted by Crippen LogP contribution is 2.24. The average Bonchev–Trinajstić information content (AvgIpc) is 2.50. The zero-order valence-electron chi connectivity index (χ0n) is 13.0. The van der Waals surface area contributed by atoms with Crippen LogP contribution in [0.3, 0.4) is 0 Å². The quantitative estimate of drug-likeness (QED) is 0.877. The predicted octanol–water partition coefficient (Wildman–Crippen LogP) is 3.61. The van der Waals surface area contributed by atoms with Gasteiger partial charge in [0.1, 0.15) is 0 Å². The summed E-state index contributed by atoms with van der Waals surface area (Å²) in [5, 5.41) is 3.39. The van der Waals surface area contributed by atoms with Crippen LogP contribution in [0, 0.1) is 12.8 Å². The molecule has 0 aromatic heterocycles. The summed E-state index contributed by atoms with van der Waals surface area (Å²) in [4.78, 5) is 14.9. The Labute approximate surface area is 136 Å². The summed E-state index contributed by atoms with van der Waals surface area (Å²) < 4.78 is 0.932. The molecule has 0 bridgehead atoms. The van der Waals surface area contributed by atoms with Gasteiger partial charge in [0.2, 0.25) is 0 Å². The van der Waals surface area contributed by atoms with E-state index in [-0.39, 0.29) is 5.91 Å². The molecule has 0 unspecified atom stereocenters. The zero-order valence-corrected chi connectivity index (χ0v) is 14.6. The second kappa shape index (κ2) is 7.95. The number of benzene rings is 1. The number of halogens is 1. The van der Waals surface area contributed by atoms with E-state index in [9.17, 15) is 4.79 Å². The van der Waals surface area contributed by atoms with E-state index in [1.165, 1.54) is 12.8 Å². The van der Waals surface area contributed by atoms with Gasteiger partial charge in [-0.3, -0.25) is 4.79 Å². The molecule has 0 saturated carbocycles. The van der Waals surface area contributed by atoms with E-state index in [1.54, 1.807) is 0 Å². The molecule has 0 atom stereocenters. The minimum absolute atomic E-state index is 0.158. The van der Waals surface area contributed by atoms with Gasteiger partial charge in [-0.1, -0.05) is 19.1 Å². The van der Waals surface area contributed by atoms with Crippen LogP contribution < -0.4 is 5.32 Å². The summed E-state index contributed by atoms with van der Waals surface area (Å²) in [5.74, 6) is 0.788. The fourth-order valence-corrected chi connectivity index (χ4v) is 3.34. The van der Waals surface area contributed by atoms with E-state index < -0.39 is 0 Å². The molecule has 0 aliphatic carbocycles. The normalized spacial score (nSPS) is 16.0. The van der Waals surface area contributed by atoms with Crippen molar-refractivity contribution < 1.29 is 4.79 Å². The lowest BCUT2D eigenvalue weighted by Crippen LogP contribution is -2.40. The van der Waals surface area contributed by atoms with Crippen LogP contribution in [-0.4, -0.2) is 37.0 Å². The van der Waals surface area contributed by atoms with Crippen LogP contribution in [0.5, 0.6) is 0 Å². The van der Waals surface area contributed by atoms with Crippen molar-refractivity contribution in [3.8, 4) is 0 Å². The molecule has 2 rings (SSSR count). The summed E-state index contributed by atoms with van der Waals surface area (Å²) in [7, 11) is 0. The molecule has 1 aromatic rings. The van der Waals surface area contributed by atoms with Crippen LogP contribution in [0.1, 0.15) is 42.1 Å². The third-order valence-electron chi connectivity index (χ3n) is 4.14. The van der Waals surface area contributed by atoms with E-state index in [0.29, 0.717) is 5.92 Å². The van der Waals surface area contributed by atoms with Crippen molar-refractivity contribution in [1.82, 2.24) is 10.2 Å². The molecular formula is C17H25BrN2O. The number of nitrogens with one attached hydrogen (secondary N) is 1. The summed E-state index contributed by atoms with van der Waals surface area (Å²) in [5.41, 5.74) is 1.90. The van der Waals surface area contributed by atoms with E-state index >= 15 is 0 Å². The highest BCUT2D eigenvalue weighted by Gasteiger charge is 2.22. The maximum absolute atomic E-state index is 12.9. The van der Waals surface area contributed by atoms with Gasteiger partial charge in [-0.25, -0.2) is 0 Å². The highest BCUT2D eigenvalue weighted by molar-refractivity contribution is 9.10. The molecular weight excluding hydrogens is 328 g/mol. The van der Waals surface area contributed by atoms with Gasteiger partial charge in [-0.05, 0) is 72.8 Å². The standard InChI is InChI=1S/C17H25BrN2O/c1-3-11-20(12-14-7-9-19-10-8-14)17(21)15-6-4-5-13(2)16(15)18/h4-6,14,19H,3,7-12H2,1-2H3. The Kier molecular flexibility index (Phi) is 6.24. The number of carbonyl (C=O) groups excluding carboxylic acids is 1. The fraction of sp³-hybridized carbons (Fsp3) is 0.588. The summed E-state index contributed by atoms with van der Waals surface area (Å²) in [6.07, 6.45) is 3.34. The molecule has 1 aliphatic rings. The molecule has 0 spiro atoms. The Balaban J connectivity index is 2.12. The van der Waals surface area contributed by atoms with Gasteiger partial charge in [0.25, 0.3) is 5.91 Å². The van der Waals surface area contributed by atoms with Gasteiger partial charge in [-0.2, -0.15) is 0 Å².